The number of nitrogens with one attached hydrogen (secondary N) is 2. The summed E-state index contributed by atoms with van der Waals surface area (Å²) in [7, 11) is -3.64. The molecule has 0 atom stereocenters. The normalized spacial score (nSPS) is 21.3. The third kappa shape index (κ3) is 7.58. The topological polar surface area (TPSA) is 92.3 Å². The molecule has 12 heteroatoms. The van der Waals surface area contributed by atoms with Crippen LogP contribution in [0.5, 0.6) is 0 Å². The molecule has 170 valence electrons. The standard InChI is InChI=1S/C17H31F3N4O4S/c1-21-16(22-7-2-10-28-13-14-5-11-27-12-6-14)23-15-3-8-24(9-4-15)29(25,26)17(18,19)20/h14-15H,2-13H2,1H3,(H2,21,22,23). The molecule has 0 aromatic rings. The summed E-state index contributed by atoms with van der Waals surface area (Å²) in [5.74, 6) is 1.12. The molecule has 0 bridgehead atoms. The van der Waals surface area contributed by atoms with E-state index >= 15 is 0 Å². The summed E-state index contributed by atoms with van der Waals surface area (Å²) in [4.78, 5) is 4.11. The fraction of sp³-hybridized carbons (Fsp3) is 0.941. The first-order valence-corrected chi connectivity index (χ1v) is 11.4. The molecule has 0 unspecified atom stereocenters. The Morgan fingerprint density at radius 2 is 1.86 bits per heavy atom. The van der Waals surface area contributed by atoms with Crippen LogP contribution in [0.4, 0.5) is 13.2 Å². The van der Waals surface area contributed by atoms with Crippen LogP contribution in [-0.4, -0.2) is 83.3 Å². The summed E-state index contributed by atoms with van der Waals surface area (Å²) >= 11 is 0. The molecule has 2 heterocycles. The molecule has 0 aliphatic carbocycles. The quantitative estimate of drug-likeness (QED) is 0.333. The van der Waals surface area contributed by atoms with Gasteiger partial charge in [-0.3, -0.25) is 4.99 Å². The minimum absolute atomic E-state index is 0.134. The van der Waals surface area contributed by atoms with E-state index in [1.807, 2.05) is 0 Å². The lowest BCUT2D eigenvalue weighted by Gasteiger charge is -2.32. The Labute approximate surface area is 170 Å². The number of aliphatic imine (C=N–C) groups is 1. The summed E-state index contributed by atoms with van der Waals surface area (Å²) in [6.45, 7) is 3.30. The second kappa shape index (κ2) is 11.3. The molecule has 2 fully saturated rings. The lowest BCUT2D eigenvalue weighted by molar-refractivity contribution is -0.0494. The van der Waals surface area contributed by atoms with Crippen molar-refractivity contribution in [1.82, 2.24) is 14.9 Å². The SMILES string of the molecule is CN=C(NCCCOCC1CCOCC1)NC1CCN(S(=O)(=O)C(F)(F)F)CC1. The van der Waals surface area contributed by atoms with Crippen molar-refractivity contribution in [3.63, 3.8) is 0 Å². The predicted molar refractivity (Wildman–Crippen MR) is 103 cm³/mol. The number of rotatable bonds is 8. The maximum Gasteiger partial charge on any atom is 0.511 e. The molecule has 2 N–H and O–H groups in total. The van der Waals surface area contributed by atoms with Gasteiger partial charge >= 0.3 is 15.5 Å². The molecule has 2 aliphatic rings. The van der Waals surface area contributed by atoms with Gasteiger partial charge in [0, 0.05) is 59.2 Å². The van der Waals surface area contributed by atoms with Crippen LogP contribution < -0.4 is 10.6 Å². The first-order valence-electron chi connectivity index (χ1n) is 9.93. The van der Waals surface area contributed by atoms with Crippen LogP contribution in [0, 0.1) is 5.92 Å². The van der Waals surface area contributed by atoms with Crippen molar-refractivity contribution in [2.24, 2.45) is 10.9 Å². The molecular weight excluding hydrogens is 413 g/mol. The number of nitrogens with zero attached hydrogens (tertiary/aromatic N) is 2. The van der Waals surface area contributed by atoms with Gasteiger partial charge in [-0.25, -0.2) is 8.42 Å². The molecule has 2 saturated heterocycles. The molecular formula is C17H31F3N4O4S. The van der Waals surface area contributed by atoms with Crippen LogP contribution in [0.3, 0.4) is 0 Å². The van der Waals surface area contributed by atoms with E-state index in [0.717, 1.165) is 39.1 Å². The van der Waals surface area contributed by atoms with Crippen LogP contribution in [-0.2, 0) is 19.5 Å². The van der Waals surface area contributed by atoms with Crippen molar-refractivity contribution in [3.05, 3.63) is 0 Å². The average molecular weight is 445 g/mol. The predicted octanol–water partition coefficient (Wildman–Crippen LogP) is 1.30. The highest BCUT2D eigenvalue weighted by molar-refractivity contribution is 7.90. The maximum atomic E-state index is 12.6. The second-order valence-electron chi connectivity index (χ2n) is 7.25. The van der Waals surface area contributed by atoms with E-state index in [1.165, 1.54) is 0 Å². The molecule has 0 aromatic heterocycles. The number of ether oxygens (including phenoxy) is 2. The Bertz CT molecular complexity index is 617. The van der Waals surface area contributed by atoms with Gasteiger partial charge in [0.2, 0.25) is 0 Å². The fourth-order valence-corrected chi connectivity index (χ4v) is 4.30. The van der Waals surface area contributed by atoms with Crippen molar-refractivity contribution in [2.45, 2.75) is 43.7 Å². The smallest absolute Gasteiger partial charge is 0.381 e. The van der Waals surface area contributed by atoms with E-state index in [0.29, 0.717) is 29.3 Å². The van der Waals surface area contributed by atoms with Crippen LogP contribution >= 0.6 is 0 Å². The highest BCUT2D eigenvalue weighted by atomic mass is 32.2. The van der Waals surface area contributed by atoms with E-state index in [9.17, 15) is 21.6 Å². The lowest BCUT2D eigenvalue weighted by Crippen LogP contribution is -2.51. The zero-order valence-electron chi connectivity index (χ0n) is 16.7. The number of halogens is 3. The molecule has 8 nitrogen and oxygen atoms in total. The third-order valence-corrected chi connectivity index (χ3v) is 6.73. The molecule has 0 aromatic carbocycles. The number of hydrogen-bond donors (Lipinski definition) is 2. The number of hydrogen-bond acceptors (Lipinski definition) is 5. The Morgan fingerprint density at radius 1 is 1.21 bits per heavy atom. The number of piperidine rings is 1. The van der Waals surface area contributed by atoms with Gasteiger partial charge in [0.15, 0.2) is 5.96 Å². The summed E-state index contributed by atoms with van der Waals surface area (Å²) in [6, 6.07) is -0.134. The number of sulfonamides is 1. The van der Waals surface area contributed by atoms with E-state index in [-0.39, 0.29) is 32.0 Å². The van der Waals surface area contributed by atoms with Crippen molar-refractivity contribution >= 4 is 16.0 Å². The molecule has 0 spiro atoms. The first kappa shape index (κ1) is 24.2. The summed E-state index contributed by atoms with van der Waals surface area (Å²) < 4.78 is 72.3. The zero-order chi connectivity index (χ0) is 21.3. The Balaban J connectivity index is 1.60. The third-order valence-electron chi connectivity index (χ3n) is 5.10. The fourth-order valence-electron chi connectivity index (χ4n) is 3.32. The van der Waals surface area contributed by atoms with Crippen LogP contribution in [0.2, 0.25) is 0 Å². The van der Waals surface area contributed by atoms with Crippen LogP contribution in [0.25, 0.3) is 0 Å². The molecule has 0 saturated carbocycles. The summed E-state index contributed by atoms with van der Waals surface area (Å²) in [5, 5.41) is 6.29. The van der Waals surface area contributed by atoms with Crippen molar-refractivity contribution < 1.29 is 31.1 Å². The Kier molecular flexibility index (Phi) is 9.44. The zero-order valence-corrected chi connectivity index (χ0v) is 17.5. The summed E-state index contributed by atoms with van der Waals surface area (Å²) in [6.07, 6.45) is 3.44. The van der Waals surface area contributed by atoms with Crippen molar-refractivity contribution in [2.75, 3.05) is 53.1 Å². The van der Waals surface area contributed by atoms with E-state index < -0.39 is 15.5 Å². The molecule has 2 rings (SSSR count). The molecule has 29 heavy (non-hydrogen) atoms. The highest BCUT2D eigenvalue weighted by Crippen LogP contribution is 2.28. The van der Waals surface area contributed by atoms with Gasteiger partial charge in [-0.1, -0.05) is 0 Å². The largest absolute Gasteiger partial charge is 0.511 e. The molecule has 2 aliphatic heterocycles. The van der Waals surface area contributed by atoms with Gasteiger partial charge in [-0.15, -0.1) is 0 Å². The Morgan fingerprint density at radius 3 is 2.45 bits per heavy atom. The van der Waals surface area contributed by atoms with Gasteiger partial charge in [0.05, 0.1) is 0 Å². The second-order valence-corrected chi connectivity index (χ2v) is 9.18. The van der Waals surface area contributed by atoms with Crippen LogP contribution in [0.15, 0.2) is 4.99 Å². The Hall–Kier alpha value is -1.11. The van der Waals surface area contributed by atoms with Gasteiger partial charge in [0.25, 0.3) is 0 Å². The van der Waals surface area contributed by atoms with E-state index in [4.69, 9.17) is 9.47 Å². The monoisotopic (exact) mass is 444 g/mol. The van der Waals surface area contributed by atoms with Gasteiger partial charge in [0.1, 0.15) is 0 Å². The summed E-state index contributed by atoms with van der Waals surface area (Å²) in [5.41, 5.74) is -5.25. The minimum atomic E-state index is -5.25. The lowest BCUT2D eigenvalue weighted by atomic mass is 10.0. The van der Waals surface area contributed by atoms with E-state index in [2.05, 4.69) is 15.6 Å². The van der Waals surface area contributed by atoms with E-state index in [1.54, 1.807) is 7.05 Å². The first-order chi connectivity index (χ1) is 13.7. The van der Waals surface area contributed by atoms with Gasteiger partial charge in [-0.05, 0) is 38.0 Å². The van der Waals surface area contributed by atoms with Gasteiger partial charge in [-0.2, -0.15) is 17.5 Å². The number of guanidine groups is 1. The highest BCUT2D eigenvalue weighted by Gasteiger charge is 2.50. The minimum Gasteiger partial charge on any atom is -0.381 e. The number of alkyl halides is 3. The maximum absolute atomic E-state index is 12.6. The van der Waals surface area contributed by atoms with Crippen molar-refractivity contribution in [1.29, 1.82) is 0 Å². The van der Waals surface area contributed by atoms with Crippen molar-refractivity contribution in [3.8, 4) is 0 Å². The molecule has 0 radical (unpaired) electrons. The van der Waals surface area contributed by atoms with Crippen LogP contribution in [0.1, 0.15) is 32.1 Å². The average Bonchev–Trinajstić information content (AvgIpc) is 2.70. The molecule has 0 amide bonds. The van der Waals surface area contributed by atoms with Gasteiger partial charge < -0.3 is 20.1 Å².